The molecule has 0 aromatic heterocycles. The van der Waals surface area contributed by atoms with Gasteiger partial charge in [-0.2, -0.15) is 13.2 Å². The second-order valence-electron chi connectivity index (χ2n) is 12.6. The predicted octanol–water partition coefficient (Wildman–Crippen LogP) is 13.6. The molecule has 7 aromatic carbocycles. The fraction of sp³-hybridized carbons (Fsp3) is 0.0870. The summed E-state index contributed by atoms with van der Waals surface area (Å²) in [6.07, 6.45) is -4.56. The van der Waals surface area contributed by atoms with E-state index in [1.54, 1.807) is 12.1 Å². The van der Waals surface area contributed by atoms with Gasteiger partial charge in [0.25, 0.3) is 0 Å². The van der Waals surface area contributed by atoms with Crippen molar-refractivity contribution in [1.82, 2.24) is 0 Å². The minimum atomic E-state index is -4.56. The highest BCUT2D eigenvalue weighted by Gasteiger charge is 2.35. The van der Waals surface area contributed by atoms with Crippen LogP contribution in [0.1, 0.15) is 22.3 Å². The van der Waals surface area contributed by atoms with E-state index < -0.39 is 11.7 Å². The zero-order valence-corrected chi connectivity index (χ0v) is 27.6. The largest absolute Gasteiger partial charge is 0.417 e. The molecule has 0 heterocycles. The van der Waals surface area contributed by atoms with Crippen LogP contribution in [0.15, 0.2) is 158 Å². The summed E-state index contributed by atoms with van der Waals surface area (Å²) in [5, 5.41) is 0. The first-order chi connectivity index (χ1) is 23.7. The second-order valence-corrected chi connectivity index (χ2v) is 12.6. The summed E-state index contributed by atoms with van der Waals surface area (Å²) in [5.41, 5.74) is 12.6. The highest BCUT2D eigenvalue weighted by molar-refractivity contribution is 5.97. The average molecular weight is 645 g/mol. The topological polar surface area (TPSA) is 0 Å². The molecule has 0 aliphatic heterocycles. The van der Waals surface area contributed by atoms with Crippen LogP contribution in [-0.4, -0.2) is 0 Å². The Balaban J connectivity index is 1.58. The van der Waals surface area contributed by atoms with E-state index in [1.165, 1.54) is 11.6 Å². The van der Waals surface area contributed by atoms with Gasteiger partial charge in [-0.3, -0.25) is 0 Å². The summed E-state index contributed by atoms with van der Waals surface area (Å²) in [4.78, 5) is 0. The van der Waals surface area contributed by atoms with Crippen LogP contribution in [0.5, 0.6) is 0 Å². The van der Waals surface area contributed by atoms with Crippen LogP contribution in [0, 0.1) is 20.8 Å². The highest BCUT2D eigenvalue weighted by Crippen LogP contribution is 2.47. The van der Waals surface area contributed by atoms with E-state index in [2.05, 4.69) is 50.2 Å². The van der Waals surface area contributed by atoms with Crippen LogP contribution in [0.25, 0.3) is 66.8 Å². The molecule has 0 amide bonds. The lowest BCUT2D eigenvalue weighted by Crippen LogP contribution is -2.08. The maximum Gasteiger partial charge on any atom is 0.417 e. The van der Waals surface area contributed by atoms with E-state index in [1.807, 2.05) is 110 Å². The van der Waals surface area contributed by atoms with Gasteiger partial charge in [0.15, 0.2) is 0 Å². The first kappa shape index (κ1) is 31.9. The van der Waals surface area contributed by atoms with Crippen molar-refractivity contribution >= 4 is 0 Å². The lowest BCUT2D eigenvalue weighted by Gasteiger charge is -2.22. The minimum Gasteiger partial charge on any atom is -0.166 e. The number of alkyl halides is 3. The molecule has 0 radical (unpaired) electrons. The maximum absolute atomic E-state index is 14.9. The second kappa shape index (κ2) is 13.1. The zero-order valence-electron chi connectivity index (χ0n) is 27.6. The van der Waals surface area contributed by atoms with Crippen molar-refractivity contribution in [3.8, 4) is 66.8 Å². The lowest BCUT2D eigenvalue weighted by molar-refractivity contribution is -0.137. The molecule has 0 atom stereocenters. The number of rotatable bonds is 6. The first-order valence-electron chi connectivity index (χ1n) is 16.4. The number of hydrogen-bond acceptors (Lipinski definition) is 0. The van der Waals surface area contributed by atoms with Crippen LogP contribution in [0.4, 0.5) is 13.2 Å². The number of aryl methyl sites for hydroxylation is 3. The third-order valence-electron chi connectivity index (χ3n) is 9.38. The number of halogens is 3. The molecule has 0 aliphatic carbocycles. The van der Waals surface area contributed by atoms with Gasteiger partial charge in [-0.15, -0.1) is 0 Å². The molecule has 3 heteroatoms. The molecule has 0 aliphatic rings. The third kappa shape index (κ3) is 6.33. The molecule has 0 saturated carbocycles. The monoisotopic (exact) mass is 644 g/mol. The van der Waals surface area contributed by atoms with Crippen LogP contribution >= 0.6 is 0 Å². The Bertz CT molecular complexity index is 2280. The van der Waals surface area contributed by atoms with Crippen LogP contribution in [0.2, 0.25) is 0 Å². The smallest absolute Gasteiger partial charge is 0.166 e. The Morgan fingerprint density at radius 2 is 0.714 bits per heavy atom. The molecular formula is C46H35F3. The molecule has 0 N–H and O–H groups in total. The van der Waals surface area contributed by atoms with E-state index in [4.69, 9.17) is 0 Å². The first-order valence-corrected chi connectivity index (χ1v) is 16.4. The van der Waals surface area contributed by atoms with Crippen LogP contribution < -0.4 is 0 Å². The molecular weight excluding hydrogens is 610 g/mol. The Labute approximate surface area is 286 Å². The van der Waals surface area contributed by atoms with Gasteiger partial charge in [-0.05, 0) is 135 Å². The standard InChI is InChI=1S/C46H35F3/c1-30-14-10-12-20-37(30)35-23-22-32(3)39(26-35)42-28-41(34-18-8-5-9-19-34)43(29-40(42)33-16-6-4-7-17-33)44-27-36(24-25-45(44)46(47,48)49)38-21-13-11-15-31(38)2/h4-29H,1-3H3. The lowest BCUT2D eigenvalue weighted by atomic mass is 9.82. The third-order valence-corrected chi connectivity index (χ3v) is 9.38. The van der Waals surface area contributed by atoms with Crippen molar-refractivity contribution in [3.05, 3.63) is 180 Å². The predicted molar refractivity (Wildman–Crippen MR) is 198 cm³/mol. The summed E-state index contributed by atoms with van der Waals surface area (Å²) < 4.78 is 44.8. The minimum absolute atomic E-state index is 0.154. The number of hydrogen-bond donors (Lipinski definition) is 0. The van der Waals surface area contributed by atoms with Gasteiger partial charge in [0, 0.05) is 0 Å². The van der Waals surface area contributed by atoms with Gasteiger partial charge in [0.1, 0.15) is 0 Å². The molecule has 0 saturated heterocycles. The van der Waals surface area contributed by atoms with Gasteiger partial charge < -0.3 is 0 Å². The van der Waals surface area contributed by atoms with Gasteiger partial charge in [0.05, 0.1) is 5.56 Å². The molecule has 0 fully saturated rings. The van der Waals surface area contributed by atoms with E-state index in [-0.39, 0.29) is 5.56 Å². The summed E-state index contributed by atoms with van der Waals surface area (Å²) in [6, 6.07) is 50.9. The normalized spacial score (nSPS) is 11.5. The van der Waals surface area contributed by atoms with E-state index in [0.29, 0.717) is 5.56 Å². The van der Waals surface area contributed by atoms with Crippen LogP contribution in [-0.2, 0) is 6.18 Å². The average Bonchev–Trinajstić information content (AvgIpc) is 3.12. The Morgan fingerprint density at radius 3 is 1.20 bits per heavy atom. The maximum atomic E-state index is 14.9. The molecule has 0 nitrogen and oxygen atoms in total. The van der Waals surface area contributed by atoms with Gasteiger partial charge in [-0.1, -0.05) is 127 Å². The highest BCUT2D eigenvalue weighted by atomic mass is 19.4. The van der Waals surface area contributed by atoms with Crippen molar-refractivity contribution in [2.75, 3.05) is 0 Å². The molecule has 7 aromatic rings. The molecule has 0 bridgehead atoms. The molecule has 0 unspecified atom stereocenters. The van der Waals surface area contributed by atoms with Gasteiger partial charge in [-0.25, -0.2) is 0 Å². The SMILES string of the molecule is Cc1ccccc1-c1ccc(C)c(-c2cc(-c3ccccc3)c(-c3cc(-c4ccccc4C)ccc3C(F)(F)F)cc2-c2ccccc2)c1. The van der Waals surface area contributed by atoms with Crippen molar-refractivity contribution in [2.45, 2.75) is 26.9 Å². The van der Waals surface area contributed by atoms with Gasteiger partial charge >= 0.3 is 6.18 Å². The fourth-order valence-corrected chi connectivity index (χ4v) is 6.81. The van der Waals surface area contributed by atoms with E-state index in [0.717, 1.165) is 66.8 Å². The van der Waals surface area contributed by atoms with Crippen molar-refractivity contribution in [1.29, 1.82) is 0 Å². The summed E-state index contributed by atoms with van der Waals surface area (Å²) in [5.74, 6) is 0. The van der Waals surface area contributed by atoms with E-state index >= 15 is 0 Å². The molecule has 0 spiro atoms. The summed E-state index contributed by atoms with van der Waals surface area (Å²) in [7, 11) is 0. The Kier molecular flexibility index (Phi) is 8.52. The summed E-state index contributed by atoms with van der Waals surface area (Å²) >= 11 is 0. The fourth-order valence-electron chi connectivity index (χ4n) is 6.81. The van der Waals surface area contributed by atoms with E-state index in [9.17, 15) is 13.2 Å². The van der Waals surface area contributed by atoms with Crippen LogP contribution in [0.3, 0.4) is 0 Å². The summed E-state index contributed by atoms with van der Waals surface area (Å²) in [6.45, 7) is 6.18. The molecule has 7 rings (SSSR count). The Morgan fingerprint density at radius 1 is 0.306 bits per heavy atom. The molecule has 240 valence electrons. The van der Waals surface area contributed by atoms with Crippen molar-refractivity contribution in [3.63, 3.8) is 0 Å². The quantitative estimate of drug-likeness (QED) is 0.169. The zero-order chi connectivity index (χ0) is 34.1. The Hall–Kier alpha value is -5.67. The number of benzene rings is 7. The molecule has 49 heavy (non-hydrogen) atoms. The van der Waals surface area contributed by atoms with Gasteiger partial charge in [0.2, 0.25) is 0 Å². The van der Waals surface area contributed by atoms with Crippen molar-refractivity contribution in [2.24, 2.45) is 0 Å². The van der Waals surface area contributed by atoms with Crippen molar-refractivity contribution < 1.29 is 13.2 Å².